The Morgan fingerprint density at radius 2 is 2.05 bits per heavy atom. The highest BCUT2D eigenvalue weighted by molar-refractivity contribution is 6.06. The summed E-state index contributed by atoms with van der Waals surface area (Å²) in [6.45, 7) is 7.78. The SMILES string of the molecule is CCOC[C@@H](C(C)C)n1cnc2c(N)nc3ccccc3c21. The van der Waals surface area contributed by atoms with Gasteiger partial charge in [0.15, 0.2) is 5.82 Å². The minimum absolute atomic E-state index is 0.218. The molecule has 3 rings (SSSR count). The molecule has 0 saturated carbocycles. The van der Waals surface area contributed by atoms with Crippen LogP contribution in [0.3, 0.4) is 0 Å². The van der Waals surface area contributed by atoms with E-state index in [1.807, 2.05) is 31.5 Å². The number of nitrogens with two attached hydrogens (primary N) is 1. The first kappa shape index (κ1) is 14.8. The maximum absolute atomic E-state index is 6.09. The lowest BCUT2D eigenvalue weighted by atomic mass is 10.0. The molecule has 2 heterocycles. The number of pyridine rings is 1. The Morgan fingerprint density at radius 3 is 2.77 bits per heavy atom. The van der Waals surface area contributed by atoms with Crippen LogP contribution in [0.15, 0.2) is 30.6 Å². The molecule has 3 aromatic rings. The second-order valence-corrected chi connectivity index (χ2v) is 5.83. The minimum Gasteiger partial charge on any atom is -0.382 e. The highest BCUT2D eigenvalue weighted by Gasteiger charge is 2.21. The van der Waals surface area contributed by atoms with Gasteiger partial charge < -0.3 is 15.0 Å². The van der Waals surface area contributed by atoms with Gasteiger partial charge in [0.25, 0.3) is 0 Å². The lowest BCUT2D eigenvalue weighted by Crippen LogP contribution is -2.20. The van der Waals surface area contributed by atoms with E-state index in [1.54, 1.807) is 0 Å². The van der Waals surface area contributed by atoms with Crippen LogP contribution in [0, 0.1) is 5.92 Å². The van der Waals surface area contributed by atoms with Crippen LogP contribution in [-0.4, -0.2) is 27.7 Å². The molecule has 0 unspecified atom stereocenters. The lowest BCUT2D eigenvalue weighted by molar-refractivity contribution is 0.0980. The van der Waals surface area contributed by atoms with E-state index < -0.39 is 0 Å². The number of ether oxygens (including phenoxy) is 1. The number of hydrogen-bond donors (Lipinski definition) is 1. The lowest BCUT2D eigenvalue weighted by Gasteiger charge is -2.23. The molecule has 0 aliphatic heterocycles. The molecule has 1 aromatic carbocycles. The molecule has 1 atom stereocenters. The fourth-order valence-corrected chi connectivity index (χ4v) is 2.85. The molecule has 0 aliphatic carbocycles. The predicted octanol–water partition coefficient (Wildman–Crippen LogP) is 3.40. The molecular weight excluding hydrogens is 276 g/mol. The van der Waals surface area contributed by atoms with Gasteiger partial charge in [0.05, 0.1) is 30.0 Å². The quantitative estimate of drug-likeness (QED) is 0.784. The van der Waals surface area contributed by atoms with Crippen LogP contribution in [0.1, 0.15) is 26.8 Å². The topological polar surface area (TPSA) is 66.0 Å². The number of imidazole rings is 1. The van der Waals surface area contributed by atoms with Crippen molar-refractivity contribution in [2.24, 2.45) is 5.92 Å². The molecule has 22 heavy (non-hydrogen) atoms. The van der Waals surface area contributed by atoms with Gasteiger partial charge in [-0.05, 0) is 18.9 Å². The predicted molar refractivity (Wildman–Crippen MR) is 89.8 cm³/mol. The van der Waals surface area contributed by atoms with E-state index in [0.717, 1.165) is 21.9 Å². The van der Waals surface area contributed by atoms with E-state index in [4.69, 9.17) is 10.5 Å². The van der Waals surface area contributed by atoms with Crippen molar-refractivity contribution in [3.8, 4) is 0 Å². The highest BCUT2D eigenvalue weighted by Crippen LogP contribution is 2.31. The Hall–Kier alpha value is -2.14. The zero-order valence-corrected chi connectivity index (χ0v) is 13.3. The van der Waals surface area contributed by atoms with E-state index in [1.165, 1.54) is 0 Å². The third kappa shape index (κ3) is 2.41. The number of rotatable bonds is 5. The summed E-state index contributed by atoms with van der Waals surface area (Å²) in [5, 5.41) is 1.08. The van der Waals surface area contributed by atoms with Gasteiger partial charge in [-0.25, -0.2) is 9.97 Å². The van der Waals surface area contributed by atoms with Crippen molar-refractivity contribution >= 4 is 27.8 Å². The molecule has 2 N–H and O–H groups in total. The van der Waals surface area contributed by atoms with Gasteiger partial charge in [0.2, 0.25) is 0 Å². The van der Waals surface area contributed by atoms with Crippen molar-refractivity contribution in [2.75, 3.05) is 18.9 Å². The summed E-state index contributed by atoms with van der Waals surface area (Å²) in [4.78, 5) is 8.95. The number of nitrogen functional groups attached to an aromatic ring is 1. The Kier molecular flexibility index (Phi) is 3.98. The minimum atomic E-state index is 0.218. The normalized spacial score (nSPS) is 13.3. The van der Waals surface area contributed by atoms with Crippen molar-refractivity contribution < 1.29 is 4.74 Å². The summed E-state index contributed by atoms with van der Waals surface area (Å²) in [6, 6.07) is 8.26. The van der Waals surface area contributed by atoms with Gasteiger partial charge in [-0.1, -0.05) is 32.0 Å². The molecule has 0 aliphatic rings. The smallest absolute Gasteiger partial charge is 0.152 e. The van der Waals surface area contributed by atoms with Crippen molar-refractivity contribution in [1.82, 2.24) is 14.5 Å². The molecule has 5 heteroatoms. The van der Waals surface area contributed by atoms with Gasteiger partial charge >= 0.3 is 0 Å². The molecule has 0 spiro atoms. The average Bonchev–Trinajstić information content (AvgIpc) is 2.93. The second-order valence-electron chi connectivity index (χ2n) is 5.83. The summed E-state index contributed by atoms with van der Waals surface area (Å²) in [5.41, 5.74) is 8.80. The molecule has 0 amide bonds. The largest absolute Gasteiger partial charge is 0.382 e. The van der Waals surface area contributed by atoms with Crippen molar-refractivity contribution in [3.63, 3.8) is 0 Å². The van der Waals surface area contributed by atoms with E-state index in [2.05, 4.69) is 34.4 Å². The van der Waals surface area contributed by atoms with Gasteiger partial charge in [0.1, 0.15) is 5.52 Å². The molecule has 116 valence electrons. The number of hydrogen-bond acceptors (Lipinski definition) is 4. The number of fused-ring (bicyclic) bond motifs is 3. The molecule has 0 bridgehead atoms. The average molecular weight is 298 g/mol. The van der Waals surface area contributed by atoms with Gasteiger partial charge in [-0.3, -0.25) is 0 Å². The zero-order chi connectivity index (χ0) is 15.7. The van der Waals surface area contributed by atoms with E-state index in [9.17, 15) is 0 Å². The second kappa shape index (κ2) is 5.93. The fraction of sp³-hybridized carbons (Fsp3) is 0.412. The van der Waals surface area contributed by atoms with Crippen LogP contribution in [0.4, 0.5) is 5.82 Å². The van der Waals surface area contributed by atoms with Gasteiger partial charge in [-0.2, -0.15) is 0 Å². The van der Waals surface area contributed by atoms with E-state index in [-0.39, 0.29) is 6.04 Å². The van der Waals surface area contributed by atoms with Gasteiger partial charge in [-0.15, -0.1) is 0 Å². The van der Waals surface area contributed by atoms with Crippen LogP contribution < -0.4 is 5.73 Å². The summed E-state index contributed by atoms with van der Waals surface area (Å²) in [5.74, 6) is 0.906. The number of anilines is 1. The third-order valence-electron chi connectivity index (χ3n) is 4.06. The monoisotopic (exact) mass is 298 g/mol. The highest BCUT2D eigenvalue weighted by atomic mass is 16.5. The first-order valence-electron chi connectivity index (χ1n) is 7.72. The van der Waals surface area contributed by atoms with E-state index >= 15 is 0 Å². The fourth-order valence-electron chi connectivity index (χ4n) is 2.85. The van der Waals surface area contributed by atoms with Crippen LogP contribution in [0.2, 0.25) is 0 Å². The molecule has 0 fully saturated rings. The number of para-hydroxylation sites is 1. The Bertz CT molecular complexity index is 794. The maximum atomic E-state index is 6.09. The summed E-state index contributed by atoms with van der Waals surface area (Å²) in [6.07, 6.45) is 1.86. The standard InChI is InChI=1S/C17H22N4O/c1-4-22-9-14(11(2)3)21-10-19-15-16(21)12-7-5-6-8-13(12)20-17(15)18/h5-8,10-11,14H,4,9H2,1-3H3,(H2,18,20)/t14-/m0/s1. The molecule has 5 nitrogen and oxygen atoms in total. The summed E-state index contributed by atoms with van der Waals surface area (Å²) < 4.78 is 7.87. The van der Waals surface area contributed by atoms with Crippen LogP contribution >= 0.6 is 0 Å². The first-order valence-corrected chi connectivity index (χ1v) is 7.72. The molecule has 0 saturated heterocycles. The van der Waals surface area contributed by atoms with Crippen LogP contribution in [0.5, 0.6) is 0 Å². The zero-order valence-electron chi connectivity index (χ0n) is 13.3. The molecular formula is C17H22N4O. The Labute approximate surface area is 130 Å². The van der Waals surface area contributed by atoms with Crippen LogP contribution in [0.25, 0.3) is 21.9 Å². The Balaban J connectivity index is 2.25. The molecule has 0 radical (unpaired) electrons. The van der Waals surface area contributed by atoms with Crippen LogP contribution in [-0.2, 0) is 4.74 Å². The number of aromatic nitrogens is 3. The maximum Gasteiger partial charge on any atom is 0.152 e. The number of benzene rings is 1. The van der Waals surface area contributed by atoms with E-state index in [0.29, 0.717) is 24.9 Å². The summed E-state index contributed by atoms with van der Waals surface area (Å²) >= 11 is 0. The first-order chi connectivity index (χ1) is 10.6. The van der Waals surface area contributed by atoms with Gasteiger partial charge in [0, 0.05) is 12.0 Å². The van der Waals surface area contributed by atoms with Crippen molar-refractivity contribution in [1.29, 1.82) is 0 Å². The Morgan fingerprint density at radius 1 is 1.27 bits per heavy atom. The summed E-state index contributed by atoms with van der Waals surface area (Å²) in [7, 11) is 0. The number of nitrogens with zero attached hydrogens (tertiary/aromatic N) is 3. The third-order valence-corrected chi connectivity index (χ3v) is 4.06. The molecule has 2 aromatic heterocycles. The van der Waals surface area contributed by atoms with Crippen molar-refractivity contribution in [2.45, 2.75) is 26.8 Å². The van der Waals surface area contributed by atoms with Crippen molar-refractivity contribution in [3.05, 3.63) is 30.6 Å².